The minimum atomic E-state index is 0.398. The van der Waals surface area contributed by atoms with Crippen LogP contribution in [0.2, 0.25) is 0 Å². The summed E-state index contributed by atoms with van der Waals surface area (Å²) in [7, 11) is 0. The maximum absolute atomic E-state index is 5.21. The van der Waals surface area contributed by atoms with E-state index in [1.807, 2.05) is 0 Å². The average molecular weight is 347 g/mol. The van der Waals surface area contributed by atoms with Crippen molar-refractivity contribution in [2.75, 3.05) is 0 Å². The Bertz CT molecular complexity index is 789. The lowest BCUT2D eigenvalue weighted by Crippen LogP contribution is -2.55. The Morgan fingerprint density at radius 3 is 2.46 bits per heavy atom. The van der Waals surface area contributed by atoms with E-state index in [9.17, 15) is 0 Å². The Kier molecular flexibility index (Phi) is 3.93. The van der Waals surface area contributed by atoms with E-state index in [4.69, 9.17) is 4.98 Å². The van der Waals surface area contributed by atoms with Gasteiger partial charge in [0.25, 0.3) is 0 Å². The van der Waals surface area contributed by atoms with E-state index in [1.54, 1.807) is 0 Å². The Morgan fingerprint density at radius 2 is 1.73 bits per heavy atom. The predicted molar refractivity (Wildman–Crippen MR) is 107 cm³/mol. The first kappa shape index (κ1) is 16.5. The van der Waals surface area contributed by atoms with E-state index >= 15 is 0 Å². The molecule has 2 heteroatoms. The Hall–Kier alpha value is -1.67. The molecule has 26 heavy (non-hydrogen) atoms. The largest absolute Gasteiger partial charge is 0.306 e. The molecule has 2 nitrogen and oxygen atoms in total. The van der Waals surface area contributed by atoms with Crippen molar-refractivity contribution in [3.05, 3.63) is 53.7 Å². The molecule has 4 aliphatic rings. The molecule has 136 valence electrons. The van der Waals surface area contributed by atoms with Crippen molar-refractivity contribution in [2.45, 2.75) is 70.4 Å². The highest BCUT2D eigenvalue weighted by Gasteiger charge is 2.57. The Balaban J connectivity index is 1.53. The Morgan fingerprint density at radius 1 is 0.962 bits per heavy atom. The number of nitrogens with one attached hydrogen (secondary N) is 1. The van der Waals surface area contributed by atoms with Crippen LogP contribution >= 0.6 is 0 Å². The van der Waals surface area contributed by atoms with Crippen LogP contribution in [0.3, 0.4) is 0 Å². The normalized spacial score (nSPS) is 29.7. The maximum atomic E-state index is 5.21. The number of hydrogen-bond acceptors (Lipinski definition) is 2. The first-order valence-electron chi connectivity index (χ1n) is 10.5. The van der Waals surface area contributed by atoms with Crippen molar-refractivity contribution < 1.29 is 0 Å². The van der Waals surface area contributed by atoms with Crippen molar-refractivity contribution in [3.63, 3.8) is 0 Å². The first-order valence-corrected chi connectivity index (χ1v) is 10.5. The summed E-state index contributed by atoms with van der Waals surface area (Å²) >= 11 is 0. The summed E-state index contributed by atoms with van der Waals surface area (Å²) in [6, 6.07) is 16.4. The molecule has 2 saturated carbocycles. The van der Waals surface area contributed by atoms with Crippen molar-refractivity contribution in [1.82, 2.24) is 10.3 Å². The van der Waals surface area contributed by atoms with Crippen LogP contribution in [0.5, 0.6) is 0 Å². The molecule has 0 radical (unpaired) electrons. The molecule has 4 aliphatic carbocycles. The molecule has 1 aromatic carbocycles. The van der Waals surface area contributed by atoms with Gasteiger partial charge >= 0.3 is 0 Å². The van der Waals surface area contributed by atoms with Crippen molar-refractivity contribution >= 4 is 0 Å². The number of aromatic nitrogens is 1. The smallest absolute Gasteiger partial charge is 0.0706 e. The second-order valence-corrected chi connectivity index (χ2v) is 9.23. The van der Waals surface area contributed by atoms with Gasteiger partial charge in [0, 0.05) is 11.6 Å². The fraction of sp³-hybridized carbons (Fsp3) is 0.542. The summed E-state index contributed by atoms with van der Waals surface area (Å²) in [6.07, 6.45) is 8.17. The summed E-state index contributed by atoms with van der Waals surface area (Å²) in [4.78, 5) is 5.21. The molecule has 2 aromatic rings. The van der Waals surface area contributed by atoms with Gasteiger partial charge in [0.15, 0.2) is 0 Å². The molecule has 3 atom stereocenters. The molecular weight excluding hydrogens is 316 g/mol. The zero-order valence-corrected chi connectivity index (χ0v) is 16.0. The van der Waals surface area contributed by atoms with Crippen LogP contribution in [-0.2, 0) is 0 Å². The van der Waals surface area contributed by atoms with Gasteiger partial charge in [-0.3, -0.25) is 4.98 Å². The second-order valence-electron chi connectivity index (χ2n) is 9.23. The van der Waals surface area contributed by atoms with Crippen LogP contribution in [0, 0.1) is 11.3 Å². The van der Waals surface area contributed by atoms with E-state index in [-0.39, 0.29) is 0 Å². The summed E-state index contributed by atoms with van der Waals surface area (Å²) in [6.45, 7) is 4.94. The van der Waals surface area contributed by atoms with E-state index < -0.39 is 0 Å². The van der Waals surface area contributed by atoms with Crippen LogP contribution in [0.1, 0.15) is 75.6 Å². The number of nitrogens with zero attached hydrogens (tertiary/aromatic N) is 1. The maximum Gasteiger partial charge on any atom is 0.0706 e. The third kappa shape index (κ3) is 2.53. The molecular formula is C24H30N2. The lowest BCUT2D eigenvalue weighted by atomic mass is 9.46. The van der Waals surface area contributed by atoms with E-state index in [1.165, 1.54) is 55.3 Å². The predicted octanol–water partition coefficient (Wildman–Crippen LogP) is 5.86. The standard InChI is InChI=1S/C24H30N2/c1-24(2)19-15-20(24)23(25-17-11-7-4-8-12-17)22-18(19)13-14-21(26-22)16-9-5-3-6-10-16/h3,5-6,9-10,13-14,17,19-20,23,25H,4,7-8,11-12,15H2,1-2H3/t19-,20+,23+/m1/s1. The summed E-state index contributed by atoms with van der Waals surface area (Å²) in [5.41, 5.74) is 5.60. The second kappa shape index (κ2) is 6.20. The number of hydrogen-bond donors (Lipinski definition) is 1. The molecule has 0 saturated heterocycles. The van der Waals surface area contributed by atoms with E-state index in [2.05, 4.69) is 61.6 Å². The number of benzene rings is 1. The van der Waals surface area contributed by atoms with E-state index in [0.29, 0.717) is 23.4 Å². The van der Waals surface area contributed by atoms with Gasteiger partial charge in [0.05, 0.1) is 17.4 Å². The molecule has 2 fully saturated rings. The lowest BCUT2D eigenvalue weighted by molar-refractivity contribution is -0.0213. The van der Waals surface area contributed by atoms with Gasteiger partial charge in [-0.25, -0.2) is 0 Å². The molecule has 1 aromatic heterocycles. The quantitative estimate of drug-likeness (QED) is 0.753. The third-order valence-corrected chi connectivity index (χ3v) is 7.46. The zero-order valence-electron chi connectivity index (χ0n) is 16.0. The molecule has 1 N–H and O–H groups in total. The van der Waals surface area contributed by atoms with Crippen molar-refractivity contribution in [2.24, 2.45) is 11.3 Å². The zero-order chi connectivity index (χ0) is 17.7. The van der Waals surface area contributed by atoms with Crippen molar-refractivity contribution in [1.29, 1.82) is 0 Å². The van der Waals surface area contributed by atoms with Crippen LogP contribution in [-0.4, -0.2) is 11.0 Å². The minimum absolute atomic E-state index is 0.398. The van der Waals surface area contributed by atoms with Crippen LogP contribution in [0.15, 0.2) is 42.5 Å². The highest BCUT2D eigenvalue weighted by molar-refractivity contribution is 5.60. The van der Waals surface area contributed by atoms with Gasteiger partial charge in [0.2, 0.25) is 0 Å². The summed E-state index contributed by atoms with van der Waals surface area (Å²) in [5.74, 6) is 1.41. The Labute approximate surface area is 157 Å². The fourth-order valence-corrected chi connectivity index (χ4v) is 5.76. The van der Waals surface area contributed by atoms with Gasteiger partial charge in [-0.05, 0) is 48.1 Å². The van der Waals surface area contributed by atoms with Gasteiger partial charge in [0.1, 0.15) is 0 Å². The molecule has 0 aliphatic heterocycles. The average Bonchev–Trinajstić information content (AvgIpc) is 2.68. The molecule has 1 heterocycles. The van der Waals surface area contributed by atoms with Gasteiger partial charge < -0.3 is 5.32 Å². The third-order valence-electron chi connectivity index (χ3n) is 7.46. The van der Waals surface area contributed by atoms with Crippen LogP contribution in [0.4, 0.5) is 0 Å². The lowest BCUT2D eigenvalue weighted by Gasteiger charge is -2.60. The van der Waals surface area contributed by atoms with Crippen LogP contribution < -0.4 is 5.32 Å². The SMILES string of the molecule is CC1(C)[C@@H]2C[C@H]1[C@H](NC1CCCCC1)c1nc(-c3ccccc3)ccc12. The summed E-state index contributed by atoms with van der Waals surface area (Å²) in [5, 5.41) is 4.07. The molecule has 0 amide bonds. The number of pyridine rings is 1. The van der Waals surface area contributed by atoms with Crippen LogP contribution in [0.25, 0.3) is 11.3 Å². The molecule has 0 unspecified atom stereocenters. The van der Waals surface area contributed by atoms with Crippen molar-refractivity contribution in [3.8, 4) is 11.3 Å². The highest BCUT2D eigenvalue weighted by atomic mass is 15.0. The highest BCUT2D eigenvalue weighted by Crippen LogP contribution is 2.65. The molecule has 2 bridgehead atoms. The molecule has 6 rings (SSSR count). The number of rotatable bonds is 3. The van der Waals surface area contributed by atoms with Gasteiger partial charge in [-0.15, -0.1) is 0 Å². The summed E-state index contributed by atoms with van der Waals surface area (Å²) < 4.78 is 0. The van der Waals surface area contributed by atoms with Gasteiger partial charge in [-0.2, -0.15) is 0 Å². The topological polar surface area (TPSA) is 24.9 Å². The van der Waals surface area contributed by atoms with Gasteiger partial charge in [-0.1, -0.05) is 69.5 Å². The monoisotopic (exact) mass is 346 g/mol. The first-order chi connectivity index (χ1) is 12.6. The van der Waals surface area contributed by atoms with E-state index in [0.717, 1.165) is 11.6 Å². The minimum Gasteiger partial charge on any atom is -0.306 e. The molecule has 0 spiro atoms. The fourth-order valence-electron chi connectivity index (χ4n) is 5.76.